The van der Waals surface area contributed by atoms with Crippen LogP contribution in [0.5, 0.6) is 0 Å². The van der Waals surface area contributed by atoms with Crippen molar-refractivity contribution in [2.24, 2.45) is 0 Å². The van der Waals surface area contributed by atoms with Gasteiger partial charge in [0.25, 0.3) is 0 Å². The topological polar surface area (TPSA) is 46.9 Å². The van der Waals surface area contributed by atoms with Gasteiger partial charge in [-0.3, -0.25) is 4.79 Å². The Kier molecular flexibility index (Phi) is 4.74. The molecule has 0 atom stereocenters. The Morgan fingerprint density at radius 2 is 1.80 bits per heavy atom. The number of fused-ring (bicyclic) bond motifs is 1. The summed E-state index contributed by atoms with van der Waals surface area (Å²) in [5, 5.41) is 2.71. The van der Waals surface area contributed by atoms with Crippen molar-refractivity contribution in [3.05, 3.63) is 66.0 Å². The lowest BCUT2D eigenvalue weighted by atomic mass is 10.1. The standard InChI is InChI=1S/C18H16F3N3O/c19-18(20,21)14-7-5-13(6-8-14)11-22-17(25)9-10-24-12-23-15-3-1-2-4-16(15)24/h1-8,12H,9-11H2,(H,22,25). The lowest BCUT2D eigenvalue weighted by Gasteiger charge is -2.09. The molecule has 4 nitrogen and oxygen atoms in total. The smallest absolute Gasteiger partial charge is 0.352 e. The lowest BCUT2D eigenvalue weighted by Crippen LogP contribution is -2.23. The molecule has 0 saturated carbocycles. The number of carbonyl (C=O) groups is 1. The summed E-state index contributed by atoms with van der Waals surface area (Å²) in [5.41, 5.74) is 1.75. The maximum Gasteiger partial charge on any atom is 0.416 e. The molecular formula is C18H16F3N3O. The number of amides is 1. The number of aromatic nitrogens is 2. The molecule has 0 aliphatic rings. The van der Waals surface area contributed by atoms with E-state index in [1.165, 1.54) is 12.1 Å². The summed E-state index contributed by atoms with van der Waals surface area (Å²) >= 11 is 0. The van der Waals surface area contributed by atoms with Crippen molar-refractivity contribution in [3.63, 3.8) is 0 Å². The first-order valence-corrected chi connectivity index (χ1v) is 7.76. The molecule has 0 aliphatic carbocycles. The van der Waals surface area contributed by atoms with E-state index in [0.717, 1.165) is 23.2 Å². The van der Waals surface area contributed by atoms with Gasteiger partial charge in [-0.2, -0.15) is 13.2 Å². The highest BCUT2D eigenvalue weighted by Crippen LogP contribution is 2.29. The number of alkyl halides is 3. The van der Waals surface area contributed by atoms with Gasteiger partial charge in [0, 0.05) is 19.5 Å². The zero-order valence-electron chi connectivity index (χ0n) is 13.3. The number of halogens is 3. The highest BCUT2D eigenvalue weighted by atomic mass is 19.4. The molecule has 0 aliphatic heterocycles. The van der Waals surface area contributed by atoms with Gasteiger partial charge in [-0.25, -0.2) is 4.98 Å². The minimum absolute atomic E-state index is 0.169. The van der Waals surface area contributed by atoms with Crippen LogP contribution in [0.25, 0.3) is 11.0 Å². The van der Waals surface area contributed by atoms with Crippen LogP contribution in [0.15, 0.2) is 54.9 Å². The first-order valence-electron chi connectivity index (χ1n) is 7.76. The van der Waals surface area contributed by atoms with Crippen LogP contribution in [0.2, 0.25) is 0 Å². The van der Waals surface area contributed by atoms with E-state index in [1.807, 2.05) is 28.8 Å². The predicted octanol–water partition coefficient (Wildman–Crippen LogP) is 3.76. The summed E-state index contributed by atoms with van der Waals surface area (Å²) in [6.45, 7) is 0.682. The lowest BCUT2D eigenvalue weighted by molar-refractivity contribution is -0.137. The molecule has 0 spiro atoms. The van der Waals surface area contributed by atoms with Gasteiger partial charge in [0.2, 0.25) is 5.91 Å². The Hall–Kier alpha value is -2.83. The molecule has 0 bridgehead atoms. The Morgan fingerprint density at radius 3 is 2.52 bits per heavy atom. The van der Waals surface area contributed by atoms with E-state index in [0.29, 0.717) is 12.1 Å². The largest absolute Gasteiger partial charge is 0.416 e. The first-order chi connectivity index (χ1) is 11.9. The van der Waals surface area contributed by atoms with Crippen LogP contribution in [0.1, 0.15) is 17.5 Å². The zero-order valence-corrected chi connectivity index (χ0v) is 13.3. The van der Waals surface area contributed by atoms with Crippen LogP contribution in [0.4, 0.5) is 13.2 Å². The van der Waals surface area contributed by atoms with Crippen LogP contribution in [-0.4, -0.2) is 15.5 Å². The van der Waals surface area contributed by atoms with Crippen molar-refractivity contribution >= 4 is 16.9 Å². The third kappa shape index (κ3) is 4.17. The second kappa shape index (κ2) is 6.96. The summed E-state index contributed by atoms with van der Waals surface area (Å²) in [5.74, 6) is -0.169. The minimum Gasteiger partial charge on any atom is -0.352 e. The van der Waals surface area contributed by atoms with Crippen molar-refractivity contribution in [3.8, 4) is 0 Å². The average molecular weight is 347 g/mol. The second-order valence-corrected chi connectivity index (χ2v) is 5.65. The van der Waals surface area contributed by atoms with Gasteiger partial charge in [0.1, 0.15) is 0 Å². The number of nitrogens with one attached hydrogen (secondary N) is 1. The zero-order chi connectivity index (χ0) is 17.9. The Bertz CT molecular complexity index is 869. The number of carbonyl (C=O) groups excluding carboxylic acids is 1. The highest BCUT2D eigenvalue weighted by Gasteiger charge is 2.29. The van der Waals surface area contributed by atoms with E-state index in [4.69, 9.17) is 0 Å². The fourth-order valence-electron chi connectivity index (χ4n) is 2.51. The van der Waals surface area contributed by atoms with Crippen molar-refractivity contribution in [1.29, 1.82) is 0 Å². The van der Waals surface area contributed by atoms with Gasteiger partial charge in [-0.1, -0.05) is 24.3 Å². The van der Waals surface area contributed by atoms with Crippen LogP contribution < -0.4 is 5.32 Å². The second-order valence-electron chi connectivity index (χ2n) is 5.65. The van der Waals surface area contributed by atoms with E-state index in [-0.39, 0.29) is 18.9 Å². The fraction of sp³-hybridized carbons (Fsp3) is 0.222. The monoisotopic (exact) mass is 347 g/mol. The first kappa shape index (κ1) is 17.0. The highest BCUT2D eigenvalue weighted by molar-refractivity contribution is 5.77. The molecule has 130 valence electrons. The number of rotatable bonds is 5. The van der Waals surface area contributed by atoms with Crippen molar-refractivity contribution in [2.45, 2.75) is 25.7 Å². The molecule has 0 unspecified atom stereocenters. The van der Waals surface area contributed by atoms with Gasteiger partial charge in [-0.15, -0.1) is 0 Å². The van der Waals surface area contributed by atoms with Crippen molar-refractivity contribution < 1.29 is 18.0 Å². The van der Waals surface area contributed by atoms with Crippen LogP contribution in [0, 0.1) is 0 Å². The Balaban J connectivity index is 1.51. The fourth-order valence-corrected chi connectivity index (χ4v) is 2.51. The maximum absolute atomic E-state index is 12.5. The SMILES string of the molecule is O=C(CCn1cnc2ccccc21)NCc1ccc(C(F)(F)F)cc1. The van der Waals surface area contributed by atoms with Crippen LogP contribution in [-0.2, 0) is 24.1 Å². The quantitative estimate of drug-likeness (QED) is 0.764. The van der Waals surface area contributed by atoms with E-state index in [2.05, 4.69) is 10.3 Å². The normalized spacial score (nSPS) is 11.6. The molecule has 3 rings (SSSR count). The molecule has 2 aromatic carbocycles. The minimum atomic E-state index is -4.35. The van der Waals surface area contributed by atoms with E-state index >= 15 is 0 Å². The number of hydrogen-bond acceptors (Lipinski definition) is 2. The summed E-state index contributed by atoms with van der Waals surface area (Å²) in [4.78, 5) is 16.2. The number of hydrogen-bond donors (Lipinski definition) is 1. The molecule has 0 radical (unpaired) electrons. The molecule has 1 N–H and O–H groups in total. The van der Waals surface area contributed by atoms with Gasteiger partial charge >= 0.3 is 6.18 Å². The Morgan fingerprint density at radius 1 is 1.08 bits per heavy atom. The molecular weight excluding hydrogens is 331 g/mol. The van der Waals surface area contributed by atoms with E-state index in [1.54, 1.807) is 6.33 Å². The molecule has 0 fully saturated rings. The van der Waals surface area contributed by atoms with Gasteiger partial charge in [0.05, 0.1) is 22.9 Å². The van der Waals surface area contributed by atoms with Crippen molar-refractivity contribution in [1.82, 2.24) is 14.9 Å². The third-order valence-corrected chi connectivity index (χ3v) is 3.88. The number of imidazole rings is 1. The number of benzene rings is 2. The molecule has 7 heteroatoms. The summed E-state index contributed by atoms with van der Waals surface area (Å²) in [6.07, 6.45) is -2.40. The van der Waals surface area contributed by atoms with Crippen LogP contribution in [0.3, 0.4) is 0 Å². The molecule has 1 aromatic heterocycles. The average Bonchev–Trinajstić information content (AvgIpc) is 3.01. The number of nitrogens with zero attached hydrogens (tertiary/aromatic N) is 2. The number of aryl methyl sites for hydroxylation is 1. The van der Waals surface area contributed by atoms with Gasteiger partial charge < -0.3 is 9.88 Å². The summed E-state index contributed by atoms with van der Waals surface area (Å²) in [6, 6.07) is 12.4. The Labute approximate surface area is 142 Å². The molecule has 1 heterocycles. The third-order valence-electron chi connectivity index (χ3n) is 3.88. The molecule has 25 heavy (non-hydrogen) atoms. The number of para-hydroxylation sites is 2. The van der Waals surface area contributed by atoms with E-state index in [9.17, 15) is 18.0 Å². The summed E-state index contributed by atoms with van der Waals surface area (Å²) in [7, 11) is 0. The summed E-state index contributed by atoms with van der Waals surface area (Å²) < 4.78 is 39.4. The molecule has 0 saturated heterocycles. The van der Waals surface area contributed by atoms with Crippen molar-refractivity contribution in [2.75, 3.05) is 0 Å². The van der Waals surface area contributed by atoms with E-state index < -0.39 is 11.7 Å². The maximum atomic E-state index is 12.5. The van der Waals surface area contributed by atoms with Gasteiger partial charge in [0.15, 0.2) is 0 Å². The molecule has 3 aromatic rings. The van der Waals surface area contributed by atoms with Crippen LogP contribution >= 0.6 is 0 Å². The van der Waals surface area contributed by atoms with Gasteiger partial charge in [-0.05, 0) is 29.8 Å². The predicted molar refractivity (Wildman–Crippen MR) is 87.6 cm³/mol. The molecule has 1 amide bonds.